The third-order valence-corrected chi connectivity index (χ3v) is 3.59. The number of alkyl carbamates (subject to hydrolysis) is 1. The van der Waals surface area contributed by atoms with Crippen molar-refractivity contribution in [1.29, 1.82) is 0 Å². The molecule has 2 amide bonds. The zero-order valence-electron chi connectivity index (χ0n) is 14.9. The number of hydrogen-bond acceptors (Lipinski definition) is 5. The minimum Gasteiger partial charge on any atom is -0.467 e. The Morgan fingerprint density at radius 1 is 1.12 bits per heavy atom. The molecule has 0 radical (unpaired) electrons. The van der Waals surface area contributed by atoms with Gasteiger partial charge in [-0.05, 0) is 18.9 Å². The van der Waals surface area contributed by atoms with Crippen LogP contribution in [-0.2, 0) is 25.7 Å². The van der Waals surface area contributed by atoms with Crippen molar-refractivity contribution in [2.75, 3.05) is 7.11 Å². The number of unbranched alkanes of at least 4 members (excludes halogenated alkanes) is 1. The fraction of sp³-hybridized carbons (Fsp3) is 0.500. The van der Waals surface area contributed by atoms with Gasteiger partial charge in [-0.1, -0.05) is 50.1 Å². The van der Waals surface area contributed by atoms with E-state index in [-0.39, 0.29) is 6.61 Å². The first-order valence-electron chi connectivity index (χ1n) is 8.33. The number of rotatable bonds is 9. The van der Waals surface area contributed by atoms with Gasteiger partial charge in [0.05, 0.1) is 7.11 Å². The quantitative estimate of drug-likeness (QED) is 0.666. The van der Waals surface area contributed by atoms with E-state index in [1.165, 1.54) is 14.0 Å². The summed E-state index contributed by atoms with van der Waals surface area (Å²) in [5.74, 6) is -0.969. The standard InChI is InChI=1S/C18H26N2O5/c1-4-5-11-15(17(22)24-3)20-16(21)13(2)19-18(23)25-12-14-9-7-6-8-10-14/h6-10,13,15H,4-5,11-12H2,1-3H3,(H,19,23)(H,20,21)/t13-,15+/m1/s1. The molecule has 0 fully saturated rings. The zero-order chi connectivity index (χ0) is 18.7. The largest absolute Gasteiger partial charge is 0.467 e. The molecular formula is C18H26N2O5. The number of methoxy groups -OCH3 is 1. The van der Waals surface area contributed by atoms with Gasteiger partial charge in [0, 0.05) is 0 Å². The highest BCUT2D eigenvalue weighted by atomic mass is 16.5. The minimum atomic E-state index is -0.836. The second-order valence-corrected chi connectivity index (χ2v) is 5.65. The monoisotopic (exact) mass is 350 g/mol. The fourth-order valence-electron chi connectivity index (χ4n) is 2.10. The molecule has 1 aromatic rings. The Bertz CT molecular complexity index is 562. The molecule has 138 valence electrons. The Morgan fingerprint density at radius 2 is 1.80 bits per heavy atom. The lowest BCUT2D eigenvalue weighted by atomic mass is 10.1. The lowest BCUT2D eigenvalue weighted by Gasteiger charge is -2.19. The van der Waals surface area contributed by atoms with Crippen molar-refractivity contribution in [3.63, 3.8) is 0 Å². The number of nitrogens with one attached hydrogen (secondary N) is 2. The molecule has 1 rings (SSSR count). The summed E-state index contributed by atoms with van der Waals surface area (Å²) in [6.07, 6.45) is 1.46. The lowest BCUT2D eigenvalue weighted by Crippen LogP contribution is -2.50. The summed E-state index contributed by atoms with van der Waals surface area (Å²) in [6.45, 7) is 3.62. The third-order valence-electron chi connectivity index (χ3n) is 3.59. The zero-order valence-corrected chi connectivity index (χ0v) is 14.9. The van der Waals surface area contributed by atoms with Crippen LogP contribution in [-0.4, -0.2) is 37.2 Å². The second-order valence-electron chi connectivity index (χ2n) is 5.65. The van der Waals surface area contributed by atoms with E-state index in [2.05, 4.69) is 10.6 Å². The number of ether oxygens (including phenoxy) is 2. The number of carbonyl (C=O) groups is 3. The van der Waals surface area contributed by atoms with Gasteiger partial charge in [-0.15, -0.1) is 0 Å². The van der Waals surface area contributed by atoms with Gasteiger partial charge in [-0.2, -0.15) is 0 Å². The SMILES string of the molecule is CCCC[C@H](NC(=O)[C@@H](C)NC(=O)OCc1ccccc1)C(=O)OC. The van der Waals surface area contributed by atoms with Crippen molar-refractivity contribution >= 4 is 18.0 Å². The number of benzene rings is 1. The van der Waals surface area contributed by atoms with Crippen LogP contribution in [0.5, 0.6) is 0 Å². The van der Waals surface area contributed by atoms with Crippen LogP contribution in [0.2, 0.25) is 0 Å². The van der Waals surface area contributed by atoms with Gasteiger partial charge in [0.15, 0.2) is 0 Å². The van der Waals surface area contributed by atoms with Gasteiger partial charge >= 0.3 is 12.1 Å². The van der Waals surface area contributed by atoms with Crippen LogP contribution in [0.3, 0.4) is 0 Å². The van der Waals surface area contributed by atoms with Crippen molar-refractivity contribution in [3.05, 3.63) is 35.9 Å². The highest BCUT2D eigenvalue weighted by molar-refractivity contribution is 5.89. The van der Waals surface area contributed by atoms with Crippen LogP contribution in [0.15, 0.2) is 30.3 Å². The van der Waals surface area contributed by atoms with Gasteiger partial charge in [-0.3, -0.25) is 4.79 Å². The first-order valence-corrected chi connectivity index (χ1v) is 8.33. The molecule has 0 aromatic heterocycles. The van der Waals surface area contributed by atoms with Crippen LogP contribution >= 0.6 is 0 Å². The molecule has 0 spiro atoms. The van der Waals surface area contributed by atoms with Crippen molar-refractivity contribution < 1.29 is 23.9 Å². The van der Waals surface area contributed by atoms with E-state index < -0.39 is 30.1 Å². The normalized spacial score (nSPS) is 12.6. The third kappa shape index (κ3) is 7.69. The van der Waals surface area contributed by atoms with Crippen LogP contribution in [0.4, 0.5) is 4.79 Å². The van der Waals surface area contributed by atoms with Gasteiger partial charge < -0.3 is 20.1 Å². The molecule has 2 N–H and O–H groups in total. The molecular weight excluding hydrogens is 324 g/mol. The Labute approximate surface area is 148 Å². The van der Waals surface area contributed by atoms with Crippen molar-refractivity contribution in [2.24, 2.45) is 0 Å². The van der Waals surface area contributed by atoms with Crippen LogP contribution < -0.4 is 10.6 Å². The average molecular weight is 350 g/mol. The number of esters is 1. The van der Waals surface area contributed by atoms with Gasteiger partial charge in [0.25, 0.3) is 0 Å². The molecule has 0 bridgehead atoms. The first-order chi connectivity index (χ1) is 12.0. The summed E-state index contributed by atoms with van der Waals surface area (Å²) < 4.78 is 9.76. The summed E-state index contributed by atoms with van der Waals surface area (Å²) in [6, 6.07) is 7.66. The molecule has 0 aliphatic rings. The minimum absolute atomic E-state index is 0.113. The Balaban J connectivity index is 2.45. The van der Waals surface area contributed by atoms with E-state index in [0.29, 0.717) is 6.42 Å². The Morgan fingerprint density at radius 3 is 2.40 bits per heavy atom. The Kier molecular flexibility index (Phi) is 9.06. The number of amides is 2. The Hall–Kier alpha value is -2.57. The van der Waals surface area contributed by atoms with Crippen LogP contribution in [0.25, 0.3) is 0 Å². The molecule has 0 aliphatic carbocycles. The van der Waals surface area contributed by atoms with Crippen molar-refractivity contribution in [3.8, 4) is 0 Å². The summed E-state index contributed by atoms with van der Waals surface area (Å²) in [5.41, 5.74) is 0.847. The molecule has 0 unspecified atom stereocenters. The topological polar surface area (TPSA) is 93.7 Å². The summed E-state index contributed by atoms with van der Waals surface area (Å²) in [5, 5.41) is 5.04. The second kappa shape index (κ2) is 11.1. The molecule has 1 aromatic carbocycles. The van der Waals surface area contributed by atoms with Crippen LogP contribution in [0.1, 0.15) is 38.7 Å². The van der Waals surface area contributed by atoms with Gasteiger partial charge in [0.2, 0.25) is 5.91 Å². The molecule has 0 heterocycles. The van der Waals surface area contributed by atoms with Gasteiger partial charge in [-0.25, -0.2) is 9.59 Å². The molecule has 2 atom stereocenters. The molecule has 7 heteroatoms. The van der Waals surface area contributed by atoms with E-state index in [1.807, 2.05) is 37.3 Å². The maximum absolute atomic E-state index is 12.2. The average Bonchev–Trinajstić information content (AvgIpc) is 2.63. The highest BCUT2D eigenvalue weighted by Gasteiger charge is 2.24. The van der Waals surface area contributed by atoms with E-state index in [0.717, 1.165) is 18.4 Å². The predicted molar refractivity (Wildman–Crippen MR) is 92.7 cm³/mol. The fourth-order valence-corrected chi connectivity index (χ4v) is 2.10. The molecule has 0 saturated heterocycles. The van der Waals surface area contributed by atoms with E-state index >= 15 is 0 Å². The molecule has 0 saturated carbocycles. The van der Waals surface area contributed by atoms with Crippen molar-refractivity contribution in [1.82, 2.24) is 10.6 Å². The lowest BCUT2D eigenvalue weighted by molar-refractivity contribution is -0.145. The van der Waals surface area contributed by atoms with Crippen LogP contribution in [0, 0.1) is 0 Å². The summed E-state index contributed by atoms with van der Waals surface area (Å²) >= 11 is 0. The van der Waals surface area contributed by atoms with Crippen molar-refractivity contribution in [2.45, 2.75) is 51.8 Å². The maximum Gasteiger partial charge on any atom is 0.408 e. The van der Waals surface area contributed by atoms with Gasteiger partial charge in [0.1, 0.15) is 18.7 Å². The highest BCUT2D eigenvalue weighted by Crippen LogP contribution is 2.04. The smallest absolute Gasteiger partial charge is 0.408 e. The number of carbonyl (C=O) groups excluding carboxylic acids is 3. The van der Waals surface area contributed by atoms with E-state index in [4.69, 9.17) is 9.47 Å². The first kappa shape index (κ1) is 20.5. The summed E-state index contributed by atoms with van der Waals surface area (Å²) in [7, 11) is 1.27. The number of hydrogen-bond donors (Lipinski definition) is 2. The predicted octanol–water partition coefficient (Wildman–Crippen LogP) is 2.15. The molecule has 25 heavy (non-hydrogen) atoms. The van der Waals surface area contributed by atoms with E-state index in [9.17, 15) is 14.4 Å². The molecule has 7 nitrogen and oxygen atoms in total. The summed E-state index contributed by atoms with van der Waals surface area (Å²) in [4.78, 5) is 35.6. The maximum atomic E-state index is 12.2. The van der Waals surface area contributed by atoms with E-state index in [1.54, 1.807) is 0 Å². The molecule has 0 aliphatic heterocycles.